The van der Waals surface area contributed by atoms with Gasteiger partial charge < -0.3 is 10.5 Å². The first-order valence-corrected chi connectivity index (χ1v) is 7.82. The van der Waals surface area contributed by atoms with Gasteiger partial charge in [0.25, 0.3) is 0 Å². The summed E-state index contributed by atoms with van der Waals surface area (Å²) in [6.07, 6.45) is 4.58. The minimum Gasteiger partial charge on any atom is -0.496 e. The molecule has 0 unspecified atom stereocenters. The van der Waals surface area contributed by atoms with Crippen LogP contribution in [0.3, 0.4) is 0 Å². The fourth-order valence-electron chi connectivity index (χ4n) is 3.80. The quantitative estimate of drug-likeness (QED) is 0.892. The van der Waals surface area contributed by atoms with Crippen molar-refractivity contribution < 1.29 is 4.74 Å². The highest BCUT2D eigenvalue weighted by Crippen LogP contribution is 2.44. The van der Waals surface area contributed by atoms with Crippen molar-refractivity contribution in [3.05, 3.63) is 28.8 Å². The topological polar surface area (TPSA) is 35.2 Å². The van der Waals surface area contributed by atoms with E-state index in [9.17, 15) is 0 Å². The Morgan fingerprint density at radius 1 is 1.20 bits per heavy atom. The van der Waals surface area contributed by atoms with Gasteiger partial charge in [0.15, 0.2) is 0 Å². The lowest BCUT2D eigenvalue weighted by Gasteiger charge is -2.40. The average molecular weight is 275 g/mol. The monoisotopic (exact) mass is 275 g/mol. The van der Waals surface area contributed by atoms with E-state index in [4.69, 9.17) is 10.5 Å². The first kappa shape index (κ1) is 15.4. The number of nitrogens with two attached hydrogens (primary N) is 1. The molecule has 1 aromatic carbocycles. The average Bonchev–Trinajstić information content (AvgIpc) is 2.37. The molecule has 112 valence electrons. The Kier molecular flexibility index (Phi) is 4.43. The molecule has 1 fully saturated rings. The number of ether oxygens (including phenoxy) is 1. The number of rotatable bonds is 3. The van der Waals surface area contributed by atoms with Gasteiger partial charge in [0.1, 0.15) is 5.75 Å². The second kappa shape index (κ2) is 5.77. The van der Waals surface area contributed by atoms with Crippen molar-refractivity contribution in [3.8, 4) is 5.75 Å². The van der Waals surface area contributed by atoms with Gasteiger partial charge in [-0.05, 0) is 68.6 Å². The summed E-state index contributed by atoms with van der Waals surface area (Å²) >= 11 is 0. The van der Waals surface area contributed by atoms with Crippen molar-refractivity contribution >= 4 is 0 Å². The van der Waals surface area contributed by atoms with E-state index in [-0.39, 0.29) is 5.54 Å². The van der Waals surface area contributed by atoms with Gasteiger partial charge in [0.05, 0.1) is 7.11 Å². The molecule has 0 spiro atoms. The zero-order valence-corrected chi connectivity index (χ0v) is 13.6. The fraction of sp³-hybridized carbons (Fsp3) is 0.667. The van der Waals surface area contributed by atoms with Crippen LogP contribution in [0, 0.1) is 25.7 Å². The van der Waals surface area contributed by atoms with Gasteiger partial charge in [-0.25, -0.2) is 0 Å². The molecule has 0 bridgehead atoms. The van der Waals surface area contributed by atoms with E-state index < -0.39 is 0 Å². The summed E-state index contributed by atoms with van der Waals surface area (Å²) in [5, 5.41) is 0. The van der Waals surface area contributed by atoms with Crippen LogP contribution in [0.15, 0.2) is 12.1 Å². The predicted octanol–water partition coefficient (Wildman–Crippen LogP) is 4.31. The van der Waals surface area contributed by atoms with Gasteiger partial charge in [0.2, 0.25) is 0 Å². The van der Waals surface area contributed by atoms with Crippen LogP contribution >= 0.6 is 0 Å². The number of methoxy groups -OCH3 is 1. The summed E-state index contributed by atoms with van der Waals surface area (Å²) in [5.41, 5.74) is 10.3. The van der Waals surface area contributed by atoms with Gasteiger partial charge >= 0.3 is 0 Å². The van der Waals surface area contributed by atoms with Crippen molar-refractivity contribution in [1.82, 2.24) is 0 Å². The van der Waals surface area contributed by atoms with Gasteiger partial charge in [-0.1, -0.05) is 19.9 Å². The van der Waals surface area contributed by atoms with Gasteiger partial charge in [-0.15, -0.1) is 0 Å². The summed E-state index contributed by atoms with van der Waals surface area (Å²) in [6.45, 7) is 8.92. The SMILES string of the molecule is COc1cc(C)cc(C)c1C1(N)CCC(C(C)C)CC1. The zero-order chi connectivity index (χ0) is 14.9. The first-order valence-electron chi connectivity index (χ1n) is 7.82. The second-order valence-corrected chi connectivity index (χ2v) is 6.90. The Balaban J connectivity index is 2.32. The molecule has 1 aromatic rings. The zero-order valence-electron chi connectivity index (χ0n) is 13.6. The maximum Gasteiger partial charge on any atom is 0.124 e. The number of hydrogen-bond acceptors (Lipinski definition) is 2. The molecule has 1 aliphatic carbocycles. The standard InChI is InChI=1S/C18H29NO/c1-12(2)15-6-8-18(19,9-7-15)17-14(4)10-13(3)11-16(17)20-5/h10-12,15H,6-9,19H2,1-5H3. The van der Waals surface area contributed by atoms with E-state index in [1.165, 1.54) is 29.5 Å². The summed E-state index contributed by atoms with van der Waals surface area (Å²) in [7, 11) is 1.75. The lowest BCUT2D eigenvalue weighted by atomic mass is 9.69. The van der Waals surface area contributed by atoms with E-state index in [0.29, 0.717) is 0 Å². The molecule has 0 aliphatic heterocycles. The lowest BCUT2D eigenvalue weighted by molar-refractivity contribution is 0.192. The smallest absolute Gasteiger partial charge is 0.124 e. The first-order chi connectivity index (χ1) is 9.37. The molecule has 1 aliphatic rings. The Bertz CT molecular complexity index is 471. The lowest BCUT2D eigenvalue weighted by Crippen LogP contribution is -2.42. The van der Waals surface area contributed by atoms with Crippen molar-refractivity contribution in [2.75, 3.05) is 7.11 Å². The minimum absolute atomic E-state index is 0.214. The predicted molar refractivity (Wildman–Crippen MR) is 85.1 cm³/mol. The third-order valence-corrected chi connectivity index (χ3v) is 5.03. The van der Waals surface area contributed by atoms with Gasteiger partial charge in [-0.3, -0.25) is 0 Å². The van der Waals surface area contributed by atoms with Gasteiger partial charge in [0, 0.05) is 11.1 Å². The molecular formula is C18H29NO. The molecule has 0 radical (unpaired) electrons. The van der Waals surface area contributed by atoms with Crippen LogP contribution in [0.1, 0.15) is 56.2 Å². The highest BCUT2D eigenvalue weighted by Gasteiger charge is 2.37. The maximum absolute atomic E-state index is 6.79. The molecule has 0 aromatic heterocycles. The summed E-state index contributed by atoms with van der Waals surface area (Å²) in [6, 6.07) is 4.34. The maximum atomic E-state index is 6.79. The third kappa shape index (κ3) is 2.85. The highest BCUT2D eigenvalue weighted by atomic mass is 16.5. The molecule has 0 amide bonds. The van der Waals surface area contributed by atoms with Crippen LogP contribution in [0.2, 0.25) is 0 Å². The molecule has 2 rings (SSSR count). The fourth-order valence-corrected chi connectivity index (χ4v) is 3.80. The summed E-state index contributed by atoms with van der Waals surface area (Å²) < 4.78 is 5.62. The van der Waals surface area contributed by atoms with E-state index in [1.807, 2.05) is 0 Å². The van der Waals surface area contributed by atoms with Crippen molar-refractivity contribution in [2.45, 2.75) is 58.9 Å². The van der Waals surface area contributed by atoms with Crippen LogP contribution in [0.5, 0.6) is 5.75 Å². The minimum atomic E-state index is -0.214. The van der Waals surface area contributed by atoms with Crippen LogP contribution < -0.4 is 10.5 Å². The van der Waals surface area contributed by atoms with Crippen LogP contribution in [-0.4, -0.2) is 7.11 Å². The largest absolute Gasteiger partial charge is 0.496 e. The molecule has 2 heteroatoms. The van der Waals surface area contributed by atoms with Crippen molar-refractivity contribution in [2.24, 2.45) is 17.6 Å². The molecule has 1 saturated carbocycles. The van der Waals surface area contributed by atoms with Gasteiger partial charge in [-0.2, -0.15) is 0 Å². The molecule has 0 heterocycles. The molecular weight excluding hydrogens is 246 g/mol. The van der Waals surface area contributed by atoms with Crippen LogP contribution in [-0.2, 0) is 5.54 Å². The Hall–Kier alpha value is -1.02. The molecule has 20 heavy (non-hydrogen) atoms. The summed E-state index contributed by atoms with van der Waals surface area (Å²) in [5.74, 6) is 2.55. The molecule has 2 nitrogen and oxygen atoms in total. The van der Waals surface area contributed by atoms with E-state index in [2.05, 4.69) is 39.8 Å². The number of aryl methyl sites for hydroxylation is 2. The Morgan fingerprint density at radius 2 is 1.80 bits per heavy atom. The Morgan fingerprint density at radius 3 is 2.30 bits per heavy atom. The molecule has 0 atom stereocenters. The molecule has 2 N–H and O–H groups in total. The Labute approximate surface area is 123 Å². The second-order valence-electron chi connectivity index (χ2n) is 6.90. The number of benzene rings is 1. The molecule has 0 saturated heterocycles. The third-order valence-electron chi connectivity index (χ3n) is 5.03. The highest BCUT2D eigenvalue weighted by molar-refractivity contribution is 5.47. The van der Waals surface area contributed by atoms with E-state index in [1.54, 1.807) is 7.11 Å². The van der Waals surface area contributed by atoms with Crippen molar-refractivity contribution in [3.63, 3.8) is 0 Å². The van der Waals surface area contributed by atoms with Crippen LogP contribution in [0.4, 0.5) is 0 Å². The normalized spacial score (nSPS) is 26.9. The van der Waals surface area contributed by atoms with Crippen molar-refractivity contribution in [1.29, 1.82) is 0 Å². The summed E-state index contributed by atoms with van der Waals surface area (Å²) in [4.78, 5) is 0. The van der Waals surface area contributed by atoms with E-state index >= 15 is 0 Å². The van der Waals surface area contributed by atoms with E-state index in [0.717, 1.165) is 30.4 Å². The number of hydrogen-bond donors (Lipinski definition) is 1. The van der Waals surface area contributed by atoms with Crippen LogP contribution in [0.25, 0.3) is 0 Å².